The van der Waals surface area contributed by atoms with E-state index in [2.05, 4.69) is 28.1 Å². The summed E-state index contributed by atoms with van der Waals surface area (Å²) in [6.07, 6.45) is 2.93. The van der Waals surface area contributed by atoms with Gasteiger partial charge in [0.05, 0.1) is 6.54 Å². The third-order valence-corrected chi connectivity index (χ3v) is 4.48. The smallest absolute Gasteiger partial charge is 0.318 e. The van der Waals surface area contributed by atoms with Crippen LogP contribution in [0.4, 0.5) is 4.79 Å². The fraction of sp³-hybridized carbons (Fsp3) is 0.529. The molecule has 0 aliphatic carbocycles. The van der Waals surface area contributed by atoms with Crippen molar-refractivity contribution in [3.05, 3.63) is 35.4 Å². The fourth-order valence-electron chi connectivity index (χ4n) is 3.19. The molecular weight excluding hydrogens is 292 g/mol. The number of carbonyl (C=O) groups is 2. The van der Waals surface area contributed by atoms with Crippen molar-refractivity contribution in [3.8, 4) is 0 Å². The second-order valence-corrected chi connectivity index (χ2v) is 6.21. The van der Waals surface area contributed by atoms with Crippen LogP contribution in [0.15, 0.2) is 24.3 Å². The molecule has 0 aromatic heterocycles. The van der Waals surface area contributed by atoms with Gasteiger partial charge < -0.3 is 20.9 Å². The van der Waals surface area contributed by atoms with Gasteiger partial charge >= 0.3 is 6.03 Å². The second-order valence-electron chi connectivity index (χ2n) is 6.21. The molecule has 6 heteroatoms. The molecule has 0 bridgehead atoms. The van der Waals surface area contributed by atoms with Crippen LogP contribution in [-0.2, 0) is 17.8 Å². The number of nitrogens with one attached hydrogen (secondary N) is 3. The van der Waals surface area contributed by atoms with Gasteiger partial charge in [0.25, 0.3) is 0 Å². The van der Waals surface area contributed by atoms with Gasteiger partial charge in [-0.15, -0.1) is 0 Å². The van der Waals surface area contributed by atoms with Gasteiger partial charge in [-0.3, -0.25) is 4.79 Å². The molecule has 1 saturated heterocycles. The van der Waals surface area contributed by atoms with E-state index >= 15 is 0 Å². The number of rotatable bonds is 3. The number of benzene rings is 1. The monoisotopic (exact) mass is 316 g/mol. The maximum absolute atomic E-state index is 12.2. The Hall–Kier alpha value is -2.08. The van der Waals surface area contributed by atoms with Crippen molar-refractivity contribution < 1.29 is 9.59 Å². The van der Waals surface area contributed by atoms with Crippen LogP contribution in [0.1, 0.15) is 24.0 Å². The third-order valence-electron chi connectivity index (χ3n) is 4.48. The lowest BCUT2D eigenvalue weighted by atomic mass is 10.0. The summed E-state index contributed by atoms with van der Waals surface area (Å²) in [5.74, 6) is -0.121. The molecule has 0 spiro atoms. The van der Waals surface area contributed by atoms with E-state index in [0.717, 1.165) is 32.4 Å². The third kappa shape index (κ3) is 4.22. The maximum Gasteiger partial charge on any atom is 0.318 e. The molecule has 2 aliphatic heterocycles. The Kier molecular flexibility index (Phi) is 5.12. The van der Waals surface area contributed by atoms with Gasteiger partial charge in [0.15, 0.2) is 0 Å². The van der Waals surface area contributed by atoms with Gasteiger partial charge in [-0.25, -0.2) is 4.79 Å². The van der Waals surface area contributed by atoms with Crippen LogP contribution in [0, 0.1) is 0 Å². The number of hydrogen-bond donors (Lipinski definition) is 3. The first kappa shape index (κ1) is 15.8. The van der Waals surface area contributed by atoms with Crippen LogP contribution in [0.5, 0.6) is 0 Å². The Morgan fingerprint density at radius 3 is 2.87 bits per heavy atom. The fourth-order valence-corrected chi connectivity index (χ4v) is 3.19. The average molecular weight is 316 g/mol. The van der Waals surface area contributed by atoms with Crippen molar-refractivity contribution in [2.75, 3.05) is 26.2 Å². The zero-order chi connectivity index (χ0) is 16.1. The Balaban J connectivity index is 1.43. The zero-order valence-corrected chi connectivity index (χ0v) is 13.3. The molecule has 1 aromatic rings. The predicted octanol–water partition coefficient (Wildman–Crippen LogP) is 0.623. The molecule has 3 amide bonds. The summed E-state index contributed by atoms with van der Waals surface area (Å²) in [7, 11) is 0. The summed E-state index contributed by atoms with van der Waals surface area (Å²) in [6, 6.07) is 8.19. The molecule has 0 radical (unpaired) electrons. The first-order valence-electron chi connectivity index (χ1n) is 8.32. The van der Waals surface area contributed by atoms with Crippen molar-refractivity contribution >= 4 is 11.9 Å². The molecular formula is C17H24N4O2. The van der Waals surface area contributed by atoms with Crippen LogP contribution < -0.4 is 16.0 Å². The quantitative estimate of drug-likeness (QED) is 0.765. The Morgan fingerprint density at radius 2 is 2.09 bits per heavy atom. The highest BCUT2D eigenvalue weighted by atomic mass is 16.2. The van der Waals surface area contributed by atoms with E-state index in [1.54, 1.807) is 4.90 Å². The first-order valence-corrected chi connectivity index (χ1v) is 8.32. The summed E-state index contributed by atoms with van der Waals surface area (Å²) in [4.78, 5) is 25.9. The van der Waals surface area contributed by atoms with Crippen molar-refractivity contribution in [2.45, 2.75) is 31.8 Å². The van der Waals surface area contributed by atoms with E-state index in [-0.39, 0.29) is 24.5 Å². The minimum atomic E-state index is -0.170. The van der Waals surface area contributed by atoms with E-state index in [1.807, 2.05) is 12.1 Å². The Morgan fingerprint density at radius 1 is 1.26 bits per heavy atom. The van der Waals surface area contributed by atoms with Crippen LogP contribution in [-0.4, -0.2) is 49.1 Å². The molecule has 2 heterocycles. The molecule has 1 unspecified atom stereocenters. The van der Waals surface area contributed by atoms with Crippen molar-refractivity contribution in [3.63, 3.8) is 0 Å². The van der Waals surface area contributed by atoms with E-state index in [9.17, 15) is 9.59 Å². The molecule has 2 aliphatic rings. The summed E-state index contributed by atoms with van der Waals surface area (Å²) < 4.78 is 0. The topological polar surface area (TPSA) is 73.5 Å². The number of amides is 3. The molecule has 1 aromatic carbocycles. The zero-order valence-electron chi connectivity index (χ0n) is 13.3. The van der Waals surface area contributed by atoms with Crippen molar-refractivity contribution in [1.29, 1.82) is 0 Å². The molecule has 6 nitrogen and oxygen atoms in total. The summed E-state index contributed by atoms with van der Waals surface area (Å²) >= 11 is 0. The van der Waals surface area contributed by atoms with E-state index in [0.29, 0.717) is 13.1 Å². The van der Waals surface area contributed by atoms with Gasteiger partial charge in [0, 0.05) is 25.7 Å². The Bertz CT molecular complexity index is 569. The van der Waals surface area contributed by atoms with Crippen molar-refractivity contribution in [1.82, 2.24) is 20.9 Å². The molecule has 124 valence electrons. The largest absolute Gasteiger partial charge is 0.351 e. The normalized spacial score (nSPS) is 20.5. The molecule has 0 saturated carbocycles. The standard InChI is InChI=1S/C17H24N4O2/c22-16(20-15-6-3-8-18-10-15)11-19-17(23)21-9-7-13-4-1-2-5-14(13)12-21/h1-2,4-5,15,18H,3,6-12H2,(H,19,23)(H,20,22). The van der Waals surface area contributed by atoms with Crippen LogP contribution in [0.25, 0.3) is 0 Å². The number of hydrogen-bond acceptors (Lipinski definition) is 3. The predicted molar refractivity (Wildman–Crippen MR) is 88.0 cm³/mol. The SMILES string of the molecule is O=C(CNC(=O)N1CCc2ccccc2C1)NC1CCCNC1. The second kappa shape index (κ2) is 7.46. The molecule has 3 N–H and O–H groups in total. The minimum Gasteiger partial charge on any atom is -0.351 e. The lowest BCUT2D eigenvalue weighted by Crippen LogP contribution is -2.50. The molecule has 3 rings (SSSR count). The number of urea groups is 1. The van der Waals surface area contributed by atoms with Gasteiger partial charge in [-0.1, -0.05) is 24.3 Å². The summed E-state index contributed by atoms with van der Waals surface area (Å²) in [6.45, 7) is 3.16. The van der Waals surface area contributed by atoms with E-state index < -0.39 is 0 Å². The molecule has 1 fully saturated rings. The van der Waals surface area contributed by atoms with Gasteiger partial charge in [0.2, 0.25) is 5.91 Å². The number of carbonyl (C=O) groups excluding carboxylic acids is 2. The highest BCUT2D eigenvalue weighted by Gasteiger charge is 2.21. The molecule has 23 heavy (non-hydrogen) atoms. The lowest BCUT2D eigenvalue weighted by molar-refractivity contribution is -0.120. The lowest BCUT2D eigenvalue weighted by Gasteiger charge is -2.29. The number of nitrogens with zero attached hydrogens (tertiary/aromatic N) is 1. The van der Waals surface area contributed by atoms with E-state index in [4.69, 9.17) is 0 Å². The number of piperidine rings is 1. The highest BCUT2D eigenvalue weighted by molar-refractivity contribution is 5.84. The van der Waals surface area contributed by atoms with Crippen molar-refractivity contribution in [2.24, 2.45) is 0 Å². The average Bonchev–Trinajstić information content (AvgIpc) is 2.60. The maximum atomic E-state index is 12.2. The van der Waals surface area contributed by atoms with Gasteiger partial charge in [-0.05, 0) is 36.9 Å². The van der Waals surface area contributed by atoms with Crippen LogP contribution in [0.3, 0.4) is 0 Å². The Labute approximate surface area is 136 Å². The minimum absolute atomic E-state index is 0.0352. The first-order chi connectivity index (χ1) is 11.2. The molecule has 1 atom stereocenters. The van der Waals surface area contributed by atoms with Gasteiger partial charge in [-0.2, -0.15) is 0 Å². The van der Waals surface area contributed by atoms with Crippen LogP contribution >= 0.6 is 0 Å². The van der Waals surface area contributed by atoms with E-state index in [1.165, 1.54) is 11.1 Å². The highest BCUT2D eigenvalue weighted by Crippen LogP contribution is 2.18. The van der Waals surface area contributed by atoms with Crippen LogP contribution in [0.2, 0.25) is 0 Å². The van der Waals surface area contributed by atoms with Gasteiger partial charge in [0.1, 0.15) is 0 Å². The summed E-state index contributed by atoms with van der Waals surface area (Å²) in [5.41, 5.74) is 2.49. The number of fused-ring (bicyclic) bond motifs is 1. The summed E-state index contributed by atoms with van der Waals surface area (Å²) in [5, 5.41) is 8.94.